The molecule has 0 aromatic rings. The van der Waals surface area contributed by atoms with Crippen molar-refractivity contribution in [3.05, 3.63) is 12.7 Å². The van der Waals surface area contributed by atoms with Gasteiger partial charge in [0.05, 0.1) is 0 Å². The van der Waals surface area contributed by atoms with Crippen molar-refractivity contribution in [2.75, 3.05) is 13.1 Å². The molecule has 1 nitrogen and oxygen atoms in total. The van der Waals surface area contributed by atoms with E-state index in [4.69, 9.17) is 0 Å². The molecule has 0 aliphatic carbocycles. The van der Waals surface area contributed by atoms with E-state index in [0.29, 0.717) is 5.54 Å². The van der Waals surface area contributed by atoms with Crippen molar-refractivity contribution < 1.29 is 0 Å². The van der Waals surface area contributed by atoms with Crippen LogP contribution in [0.3, 0.4) is 0 Å². The number of nitrogens with zero attached hydrogens (tertiary/aromatic N) is 1. The maximum atomic E-state index is 3.83. The summed E-state index contributed by atoms with van der Waals surface area (Å²) in [5, 5.41) is 0. The van der Waals surface area contributed by atoms with Gasteiger partial charge in [-0.25, -0.2) is 0 Å². The van der Waals surface area contributed by atoms with E-state index in [0.717, 1.165) is 18.4 Å². The molecule has 0 aromatic carbocycles. The smallest absolute Gasteiger partial charge is 0.0233 e. The summed E-state index contributed by atoms with van der Waals surface area (Å²) in [5.74, 6) is 1.54. The lowest BCUT2D eigenvalue weighted by Gasteiger charge is -2.41. The van der Waals surface area contributed by atoms with E-state index in [1.807, 2.05) is 6.08 Å². The average Bonchev–Trinajstić information content (AvgIpc) is 2.34. The molecule has 0 N–H and O–H groups in total. The highest BCUT2D eigenvalue weighted by atomic mass is 15.2. The van der Waals surface area contributed by atoms with Crippen LogP contribution in [0.15, 0.2) is 12.7 Å². The summed E-state index contributed by atoms with van der Waals surface area (Å²) in [6.45, 7) is 15.6. The fourth-order valence-corrected chi connectivity index (χ4v) is 2.57. The summed E-state index contributed by atoms with van der Waals surface area (Å²) in [4.78, 5) is 2.58. The Bertz CT molecular complexity index is 186. The van der Waals surface area contributed by atoms with Gasteiger partial charge in [-0.1, -0.05) is 26.8 Å². The monoisotopic (exact) mass is 181 g/mol. The summed E-state index contributed by atoms with van der Waals surface area (Å²) < 4.78 is 0. The minimum absolute atomic E-state index is 0.383. The Morgan fingerprint density at radius 1 is 1.62 bits per heavy atom. The molecular weight excluding hydrogens is 158 g/mol. The molecule has 1 saturated heterocycles. The molecule has 2 unspecified atom stereocenters. The molecule has 0 bridgehead atoms. The van der Waals surface area contributed by atoms with Crippen LogP contribution in [0.25, 0.3) is 0 Å². The highest BCUT2D eigenvalue weighted by molar-refractivity contribution is 5.00. The molecule has 0 saturated carbocycles. The lowest BCUT2D eigenvalue weighted by atomic mass is 9.78. The second-order valence-electron chi connectivity index (χ2n) is 4.80. The normalized spacial score (nSPS) is 35.6. The van der Waals surface area contributed by atoms with Gasteiger partial charge in [-0.15, -0.1) is 6.58 Å². The molecule has 13 heavy (non-hydrogen) atoms. The van der Waals surface area contributed by atoms with Crippen molar-refractivity contribution in [2.24, 2.45) is 11.8 Å². The van der Waals surface area contributed by atoms with Gasteiger partial charge in [0.2, 0.25) is 0 Å². The van der Waals surface area contributed by atoms with Crippen molar-refractivity contribution in [2.45, 2.75) is 39.7 Å². The molecule has 76 valence electrons. The molecule has 2 atom stereocenters. The van der Waals surface area contributed by atoms with Gasteiger partial charge < -0.3 is 0 Å². The largest absolute Gasteiger partial charge is 0.294 e. The molecule has 0 radical (unpaired) electrons. The Kier molecular flexibility index (Phi) is 3.18. The van der Waals surface area contributed by atoms with Crippen LogP contribution < -0.4 is 0 Å². The zero-order valence-electron chi connectivity index (χ0n) is 9.51. The fourth-order valence-electron chi connectivity index (χ4n) is 2.57. The van der Waals surface area contributed by atoms with Crippen molar-refractivity contribution in [1.82, 2.24) is 4.90 Å². The second-order valence-corrected chi connectivity index (χ2v) is 4.80. The second kappa shape index (κ2) is 3.83. The number of hydrogen-bond acceptors (Lipinski definition) is 1. The van der Waals surface area contributed by atoms with Gasteiger partial charge in [0, 0.05) is 12.1 Å². The van der Waals surface area contributed by atoms with E-state index in [-0.39, 0.29) is 0 Å². The van der Waals surface area contributed by atoms with Crippen molar-refractivity contribution in [1.29, 1.82) is 0 Å². The van der Waals surface area contributed by atoms with E-state index >= 15 is 0 Å². The third kappa shape index (κ3) is 1.67. The molecule has 1 aliphatic heterocycles. The first-order valence-electron chi connectivity index (χ1n) is 5.39. The summed E-state index contributed by atoms with van der Waals surface area (Å²) in [5.41, 5.74) is 0.383. The summed E-state index contributed by atoms with van der Waals surface area (Å²) >= 11 is 0. The SMILES string of the molecule is C=CCN1CCC(C)C1(C)C(C)C. The van der Waals surface area contributed by atoms with Gasteiger partial charge >= 0.3 is 0 Å². The third-order valence-corrected chi connectivity index (χ3v) is 4.03. The molecule has 0 aromatic heterocycles. The zero-order chi connectivity index (χ0) is 10.1. The van der Waals surface area contributed by atoms with Gasteiger partial charge in [-0.05, 0) is 31.7 Å². The minimum Gasteiger partial charge on any atom is -0.294 e. The first-order chi connectivity index (χ1) is 6.03. The molecular formula is C12H23N. The fraction of sp³-hybridized carbons (Fsp3) is 0.833. The zero-order valence-corrected chi connectivity index (χ0v) is 9.51. The van der Waals surface area contributed by atoms with Crippen LogP contribution in [-0.4, -0.2) is 23.5 Å². The Balaban J connectivity index is 2.80. The van der Waals surface area contributed by atoms with Crippen LogP contribution in [0.2, 0.25) is 0 Å². The maximum Gasteiger partial charge on any atom is 0.0233 e. The van der Waals surface area contributed by atoms with Crippen LogP contribution in [0.4, 0.5) is 0 Å². The number of rotatable bonds is 3. The topological polar surface area (TPSA) is 3.24 Å². The Labute approximate surface area is 82.8 Å². The van der Waals surface area contributed by atoms with Gasteiger partial charge in [0.1, 0.15) is 0 Å². The van der Waals surface area contributed by atoms with Gasteiger partial charge in [0.25, 0.3) is 0 Å². The van der Waals surface area contributed by atoms with E-state index in [1.165, 1.54) is 13.0 Å². The van der Waals surface area contributed by atoms with Gasteiger partial charge in [0.15, 0.2) is 0 Å². The first-order valence-corrected chi connectivity index (χ1v) is 5.39. The average molecular weight is 181 g/mol. The van der Waals surface area contributed by atoms with Crippen molar-refractivity contribution >= 4 is 0 Å². The van der Waals surface area contributed by atoms with Gasteiger partial charge in [-0.3, -0.25) is 4.90 Å². The number of likely N-dealkylation sites (tertiary alicyclic amines) is 1. The third-order valence-electron chi connectivity index (χ3n) is 4.03. The molecule has 1 fully saturated rings. The highest BCUT2D eigenvalue weighted by Crippen LogP contribution is 2.39. The molecule has 1 rings (SSSR count). The first kappa shape index (κ1) is 10.8. The van der Waals surface area contributed by atoms with Gasteiger partial charge in [-0.2, -0.15) is 0 Å². The van der Waals surface area contributed by atoms with E-state index < -0.39 is 0 Å². The molecule has 0 spiro atoms. The quantitative estimate of drug-likeness (QED) is 0.605. The van der Waals surface area contributed by atoms with Crippen LogP contribution in [0.1, 0.15) is 34.1 Å². The Morgan fingerprint density at radius 2 is 2.23 bits per heavy atom. The molecule has 1 heterocycles. The lowest BCUT2D eigenvalue weighted by Crippen LogP contribution is -2.48. The predicted octanol–water partition coefficient (Wildman–Crippen LogP) is 2.93. The van der Waals surface area contributed by atoms with Crippen LogP contribution in [0, 0.1) is 11.8 Å². The lowest BCUT2D eigenvalue weighted by molar-refractivity contribution is 0.0865. The minimum atomic E-state index is 0.383. The highest BCUT2D eigenvalue weighted by Gasteiger charge is 2.43. The summed E-state index contributed by atoms with van der Waals surface area (Å²) in [6, 6.07) is 0. The standard InChI is InChI=1S/C12H23N/c1-6-8-13-9-7-11(4)12(13,5)10(2)3/h6,10-11H,1,7-9H2,2-5H3. The van der Waals surface area contributed by atoms with Crippen LogP contribution in [0.5, 0.6) is 0 Å². The van der Waals surface area contributed by atoms with E-state index in [2.05, 4.69) is 39.2 Å². The van der Waals surface area contributed by atoms with E-state index in [9.17, 15) is 0 Å². The summed E-state index contributed by atoms with van der Waals surface area (Å²) in [6.07, 6.45) is 3.36. The Morgan fingerprint density at radius 3 is 2.69 bits per heavy atom. The van der Waals surface area contributed by atoms with Crippen molar-refractivity contribution in [3.63, 3.8) is 0 Å². The number of hydrogen-bond donors (Lipinski definition) is 0. The predicted molar refractivity (Wildman–Crippen MR) is 58.8 cm³/mol. The Hall–Kier alpha value is -0.300. The molecule has 1 heteroatoms. The maximum absolute atomic E-state index is 3.83. The van der Waals surface area contributed by atoms with E-state index in [1.54, 1.807) is 0 Å². The van der Waals surface area contributed by atoms with Crippen LogP contribution in [-0.2, 0) is 0 Å². The van der Waals surface area contributed by atoms with Crippen molar-refractivity contribution in [3.8, 4) is 0 Å². The molecule has 1 aliphatic rings. The molecule has 0 amide bonds. The summed E-state index contributed by atoms with van der Waals surface area (Å²) in [7, 11) is 0. The van der Waals surface area contributed by atoms with Crippen LogP contribution >= 0.6 is 0 Å².